The van der Waals surface area contributed by atoms with E-state index in [2.05, 4.69) is 10.6 Å². The lowest BCUT2D eigenvalue weighted by molar-refractivity contribution is -0.384. The van der Waals surface area contributed by atoms with Crippen LogP contribution < -0.4 is 10.6 Å². The third-order valence-corrected chi connectivity index (χ3v) is 2.82. The standard InChI is InChI=1S/C11H13N3O4/c15-9-3-1-2-8(14(17)18)11(9)13-10(16)4-7-5-12-6-7/h1-3,7,12,15H,4-6H2,(H,13,16). The van der Waals surface area contributed by atoms with Crippen LogP contribution in [-0.4, -0.2) is 29.0 Å². The van der Waals surface area contributed by atoms with Crippen LogP contribution in [0.3, 0.4) is 0 Å². The fourth-order valence-electron chi connectivity index (χ4n) is 1.75. The maximum Gasteiger partial charge on any atom is 0.296 e. The van der Waals surface area contributed by atoms with Gasteiger partial charge in [0.05, 0.1) is 4.92 Å². The molecule has 0 aromatic heterocycles. The molecule has 18 heavy (non-hydrogen) atoms. The highest BCUT2D eigenvalue weighted by Gasteiger charge is 2.23. The van der Waals surface area contributed by atoms with Crippen LogP contribution in [0.15, 0.2) is 18.2 Å². The predicted octanol–water partition coefficient (Wildman–Crippen LogP) is 0.848. The van der Waals surface area contributed by atoms with Gasteiger partial charge >= 0.3 is 0 Å². The molecule has 1 amide bonds. The van der Waals surface area contributed by atoms with E-state index in [0.29, 0.717) is 6.42 Å². The van der Waals surface area contributed by atoms with E-state index in [-0.39, 0.29) is 28.9 Å². The summed E-state index contributed by atoms with van der Waals surface area (Å²) in [6.45, 7) is 1.55. The number of nitrogens with zero attached hydrogens (tertiary/aromatic N) is 1. The summed E-state index contributed by atoms with van der Waals surface area (Å²) in [5.74, 6) is -0.370. The normalized spacial score (nSPS) is 14.9. The van der Waals surface area contributed by atoms with Crippen molar-refractivity contribution in [2.45, 2.75) is 6.42 Å². The van der Waals surface area contributed by atoms with Crippen molar-refractivity contribution in [1.29, 1.82) is 0 Å². The molecule has 0 unspecified atom stereocenters. The number of hydrogen-bond donors (Lipinski definition) is 3. The number of nitro benzene ring substituents is 1. The van der Waals surface area contributed by atoms with Gasteiger partial charge in [0.25, 0.3) is 5.69 Å². The fraction of sp³-hybridized carbons (Fsp3) is 0.364. The highest BCUT2D eigenvalue weighted by Crippen LogP contribution is 2.33. The van der Waals surface area contributed by atoms with Crippen molar-refractivity contribution < 1.29 is 14.8 Å². The number of amides is 1. The number of carbonyl (C=O) groups is 1. The van der Waals surface area contributed by atoms with E-state index in [4.69, 9.17) is 0 Å². The lowest BCUT2D eigenvalue weighted by Crippen LogP contribution is -2.43. The molecule has 1 aliphatic rings. The first kappa shape index (κ1) is 12.3. The second-order valence-electron chi connectivity index (χ2n) is 4.20. The van der Waals surface area contributed by atoms with Crippen molar-refractivity contribution in [1.82, 2.24) is 5.32 Å². The Morgan fingerprint density at radius 2 is 2.28 bits per heavy atom. The summed E-state index contributed by atoms with van der Waals surface area (Å²) in [6.07, 6.45) is 0.290. The zero-order valence-corrected chi connectivity index (χ0v) is 9.55. The highest BCUT2D eigenvalue weighted by molar-refractivity contribution is 5.95. The van der Waals surface area contributed by atoms with Gasteiger partial charge in [0.15, 0.2) is 5.69 Å². The monoisotopic (exact) mass is 251 g/mol. The molecule has 1 aromatic carbocycles. The van der Waals surface area contributed by atoms with E-state index in [1.54, 1.807) is 0 Å². The molecule has 2 rings (SSSR count). The molecule has 0 aliphatic carbocycles. The van der Waals surface area contributed by atoms with Gasteiger partial charge in [0.2, 0.25) is 5.91 Å². The molecule has 0 saturated carbocycles. The molecule has 1 fully saturated rings. The van der Waals surface area contributed by atoms with Crippen molar-refractivity contribution in [2.75, 3.05) is 18.4 Å². The van der Waals surface area contributed by atoms with E-state index in [9.17, 15) is 20.0 Å². The zero-order valence-electron chi connectivity index (χ0n) is 9.55. The molecule has 0 bridgehead atoms. The van der Waals surface area contributed by atoms with Gasteiger partial charge in [0.1, 0.15) is 5.75 Å². The quantitative estimate of drug-likeness (QED) is 0.418. The molecule has 3 N–H and O–H groups in total. The minimum Gasteiger partial charge on any atom is -0.505 e. The lowest BCUT2D eigenvalue weighted by Gasteiger charge is -2.26. The molecule has 0 atom stereocenters. The maximum atomic E-state index is 11.7. The van der Waals surface area contributed by atoms with Gasteiger partial charge in [-0.2, -0.15) is 0 Å². The molecule has 1 aromatic rings. The van der Waals surface area contributed by atoms with Crippen LogP contribution in [-0.2, 0) is 4.79 Å². The van der Waals surface area contributed by atoms with Crippen LogP contribution >= 0.6 is 0 Å². The van der Waals surface area contributed by atoms with E-state index < -0.39 is 4.92 Å². The summed E-state index contributed by atoms with van der Waals surface area (Å²) in [5, 5.41) is 25.8. The molecule has 1 saturated heterocycles. The Bertz CT molecular complexity index is 485. The van der Waals surface area contributed by atoms with Crippen molar-refractivity contribution >= 4 is 17.3 Å². The minimum atomic E-state index is -0.639. The Labute approximate surface area is 103 Å². The van der Waals surface area contributed by atoms with Gasteiger partial charge in [0, 0.05) is 12.5 Å². The van der Waals surface area contributed by atoms with Gasteiger partial charge in [-0.3, -0.25) is 14.9 Å². The summed E-state index contributed by atoms with van der Waals surface area (Å²) in [6, 6.07) is 3.90. The predicted molar refractivity (Wildman–Crippen MR) is 64.4 cm³/mol. The van der Waals surface area contributed by atoms with Crippen LogP contribution in [0.2, 0.25) is 0 Å². The first-order valence-electron chi connectivity index (χ1n) is 5.55. The van der Waals surface area contributed by atoms with E-state index in [1.165, 1.54) is 18.2 Å². The summed E-state index contributed by atoms with van der Waals surface area (Å²) in [4.78, 5) is 21.8. The van der Waals surface area contributed by atoms with Crippen LogP contribution in [0.5, 0.6) is 5.75 Å². The zero-order chi connectivity index (χ0) is 13.1. The SMILES string of the molecule is O=C(CC1CNC1)Nc1c(O)cccc1[N+](=O)[O-]. The van der Waals surface area contributed by atoms with Crippen molar-refractivity contribution in [2.24, 2.45) is 5.92 Å². The largest absolute Gasteiger partial charge is 0.505 e. The number of phenols is 1. The molecule has 7 nitrogen and oxygen atoms in total. The van der Waals surface area contributed by atoms with Crippen LogP contribution in [0.1, 0.15) is 6.42 Å². The number of carbonyl (C=O) groups excluding carboxylic acids is 1. The summed E-state index contributed by atoms with van der Waals surface area (Å²) in [5.41, 5.74) is -0.449. The Morgan fingerprint density at radius 1 is 1.56 bits per heavy atom. The number of phenolic OH excluding ortho intramolecular Hbond substituents is 1. The molecule has 7 heteroatoms. The van der Waals surface area contributed by atoms with Crippen molar-refractivity contribution in [3.63, 3.8) is 0 Å². The van der Waals surface area contributed by atoms with Gasteiger partial charge < -0.3 is 15.7 Å². The molecule has 0 spiro atoms. The molecule has 1 aliphatic heterocycles. The number of nitrogens with one attached hydrogen (secondary N) is 2. The minimum absolute atomic E-state index is 0.139. The Balaban J connectivity index is 2.11. The van der Waals surface area contributed by atoms with Crippen molar-refractivity contribution in [3.05, 3.63) is 28.3 Å². The van der Waals surface area contributed by atoms with Gasteiger partial charge in [-0.1, -0.05) is 6.07 Å². The number of benzene rings is 1. The summed E-state index contributed by atoms with van der Waals surface area (Å²) in [7, 11) is 0. The summed E-state index contributed by atoms with van der Waals surface area (Å²) >= 11 is 0. The number of rotatable bonds is 4. The highest BCUT2D eigenvalue weighted by atomic mass is 16.6. The number of hydrogen-bond acceptors (Lipinski definition) is 5. The maximum absolute atomic E-state index is 11.7. The first-order valence-corrected chi connectivity index (χ1v) is 5.55. The Kier molecular flexibility index (Phi) is 3.42. The molecule has 0 radical (unpaired) electrons. The van der Waals surface area contributed by atoms with Crippen molar-refractivity contribution in [3.8, 4) is 5.75 Å². The number of para-hydroxylation sites is 1. The van der Waals surface area contributed by atoms with Crippen LogP contribution in [0.25, 0.3) is 0 Å². The second kappa shape index (κ2) is 5.01. The average Bonchev–Trinajstić information content (AvgIpc) is 2.26. The number of anilines is 1. The number of nitro groups is 1. The smallest absolute Gasteiger partial charge is 0.296 e. The van der Waals surface area contributed by atoms with Gasteiger partial charge in [-0.25, -0.2) is 0 Å². The van der Waals surface area contributed by atoms with Crippen LogP contribution in [0, 0.1) is 16.0 Å². The lowest BCUT2D eigenvalue weighted by atomic mass is 9.99. The molecule has 96 valence electrons. The van der Waals surface area contributed by atoms with Gasteiger partial charge in [-0.05, 0) is 25.1 Å². The van der Waals surface area contributed by atoms with Crippen LogP contribution in [0.4, 0.5) is 11.4 Å². The molecular weight excluding hydrogens is 238 g/mol. The van der Waals surface area contributed by atoms with E-state index >= 15 is 0 Å². The third-order valence-electron chi connectivity index (χ3n) is 2.82. The Hall–Kier alpha value is -2.15. The topological polar surface area (TPSA) is 104 Å². The average molecular weight is 251 g/mol. The summed E-state index contributed by atoms with van der Waals surface area (Å²) < 4.78 is 0. The number of aromatic hydroxyl groups is 1. The second-order valence-corrected chi connectivity index (χ2v) is 4.20. The van der Waals surface area contributed by atoms with E-state index in [0.717, 1.165) is 13.1 Å². The fourth-order valence-corrected chi connectivity index (χ4v) is 1.75. The first-order chi connectivity index (χ1) is 8.58. The van der Waals surface area contributed by atoms with Gasteiger partial charge in [-0.15, -0.1) is 0 Å². The third kappa shape index (κ3) is 2.57. The Morgan fingerprint density at radius 3 is 2.83 bits per heavy atom. The molecule has 1 heterocycles. The molecular formula is C11H13N3O4. The van der Waals surface area contributed by atoms with E-state index in [1.807, 2.05) is 0 Å².